The Morgan fingerprint density at radius 3 is 2.50 bits per heavy atom. The molecular formula is C14H24N2O3S. The zero-order chi connectivity index (χ0) is 15.3. The molecule has 0 heterocycles. The lowest BCUT2D eigenvalue weighted by molar-refractivity contribution is 0.406. The summed E-state index contributed by atoms with van der Waals surface area (Å²) in [6, 6.07) is 4.95. The average Bonchev–Trinajstić information content (AvgIpc) is 2.38. The molecule has 20 heavy (non-hydrogen) atoms. The van der Waals surface area contributed by atoms with Crippen molar-refractivity contribution in [3.63, 3.8) is 0 Å². The van der Waals surface area contributed by atoms with Gasteiger partial charge in [0.1, 0.15) is 5.75 Å². The van der Waals surface area contributed by atoms with E-state index in [1.165, 1.54) is 4.31 Å². The van der Waals surface area contributed by atoms with Crippen LogP contribution in [0.15, 0.2) is 23.1 Å². The number of nitrogens with zero attached hydrogens (tertiary/aromatic N) is 1. The third-order valence-electron chi connectivity index (χ3n) is 2.95. The highest BCUT2D eigenvalue weighted by molar-refractivity contribution is 7.89. The molecule has 0 unspecified atom stereocenters. The smallest absolute Gasteiger partial charge is 0.242 e. The van der Waals surface area contributed by atoms with E-state index >= 15 is 0 Å². The Morgan fingerprint density at radius 1 is 1.35 bits per heavy atom. The van der Waals surface area contributed by atoms with E-state index < -0.39 is 10.0 Å². The summed E-state index contributed by atoms with van der Waals surface area (Å²) < 4.78 is 31.6. The molecule has 0 bridgehead atoms. The molecular weight excluding hydrogens is 276 g/mol. The van der Waals surface area contributed by atoms with Gasteiger partial charge in [-0.15, -0.1) is 0 Å². The molecule has 0 aliphatic carbocycles. The van der Waals surface area contributed by atoms with Crippen molar-refractivity contribution in [3.8, 4) is 5.75 Å². The summed E-state index contributed by atoms with van der Waals surface area (Å²) in [5.41, 5.74) is 0.828. The number of sulfonamides is 1. The predicted molar refractivity (Wildman–Crippen MR) is 80.4 cm³/mol. The van der Waals surface area contributed by atoms with Gasteiger partial charge >= 0.3 is 0 Å². The van der Waals surface area contributed by atoms with Crippen LogP contribution in [0.5, 0.6) is 5.75 Å². The van der Waals surface area contributed by atoms with Crippen molar-refractivity contribution in [3.05, 3.63) is 23.8 Å². The molecule has 0 saturated heterocycles. The summed E-state index contributed by atoms with van der Waals surface area (Å²) in [5.74, 6) is 0.967. The third-order valence-corrected chi connectivity index (χ3v) is 4.77. The lowest BCUT2D eigenvalue weighted by atomic mass is 10.2. The molecule has 1 rings (SSSR count). The highest BCUT2D eigenvalue weighted by atomic mass is 32.2. The molecule has 1 aromatic carbocycles. The molecule has 0 atom stereocenters. The van der Waals surface area contributed by atoms with Crippen LogP contribution in [0.25, 0.3) is 0 Å². The second kappa shape index (κ2) is 7.06. The number of ether oxygens (including phenoxy) is 1. The Hall–Kier alpha value is -1.11. The number of rotatable bonds is 7. The van der Waals surface area contributed by atoms with Gasteiger partial charge in [-0.3, -0.25) is 0 Å². The first-order chi connectivity index (χ1) is 9.32. The lowest BCUT2D eigenvalue weighted by Gasteiger charge is -2.20. The molecule has 1 aromatic rings. The van der Waals surface area contributed by atoms with Gasteiger partial charge in [-0.2, -0.15) is 0 Å². The van der Waals surface area contributed by atoms with E-state index in [2.05, 4.69) is 5.32 Å². The molecule has 0 spiro atoms. The summed E-state index contributed by atoms with van der Waals surface area (Å²) >= 11 is 0. The molecule has 0 saturated carbocycles. The topological polar surface area (TPSA) is 58.6 Å². The molecule has 0 radical (unpaired) electrons. The van der Waals surface area contributed by atoms with Gasteiger partial charge in [-0.1, -0.05) is 13.8 Å². The summed E-state index contributed by atoms with van der Waals surface area (Å²) in [7, 11) is 1.55. The predicted octanol–water partition coefficient (Wildman–Crippen LogP) is 1.69. The van der Waals surface area contributed by atoms with Crippen molar-refractivity contribution >= 4 is 10.0 Å². The van der Waals surface area contributed by atoms with E-state index in [0.29, 0.717) is 23.7 Å². The molecule has 1 N–H and O–H groups in total. The van der Waals surface area contributed by atoms with Gasteiger partial charge in [0.15, 0.2) is 0 Å². The summed E-state index contributed by atoms with van der Waals surface area (Å²) in [6.45, 7) is 5.04. The summed E-state index contributed by atoms with van der Waals surface area (Å²) in [5, 5.41) is 3.01. The van der Waals surface area contributed by atoms with Crippen molar-refractivity contribution in [1.82, 2.24) is 9.62 Å². The number of hydrogen-bond acceptors (Lipinski definition) is 4. The van der Waals surface area contributed by atoms with Crippen molar-refractivity contribution in [2.45, 2.75) is 25.3 Å². The van der Waals surface area contributed by atoms with Crippen LogP contribution in [0.1, 0.15) is 19.4 Å². The van der Waals surface area contributed by atoms with Gasteiger partial charge in [0.2, 0.25) is 10.0 Å². The molecule has 6 heteroatoms. The summed E-state index contributed by atoms with van der Waals surface area (Å²) in [4.78, 5) is 0.298. The van der Waals surface area contributed by atoms with E-state index in [-0.39, 0.29) is 5.92 Å². The first kappa shape index (κ1) is 16.9. The van der Waals surface area contributed by atoms with Crippen molar-refractivity contribution in [2.24, 2.45) is 5.92 Å². The minimum absolute atomic E-state index is 0.282. The van der Waals surface area contributed by atoms with Gasteiger partial charge in [-0.25, -0.2) is 12.7 Å². The van der Waals surface area contributed by atoms with Crippen LogP contribution in [-0.4, -0.2) is 40.5 Å². The molecule has 114 valence electrons. The van der Waals surface area contributed by atoms with Crippen LogP contribution < -0.4 is 10.1 Å². The maximum atomic E-state index is 12.5. The van der Waals surface area contributed by atoms with Gasteiger partial charge < -0.3 is 10.1 Å². The molecule has 0 amide bonds. The quantitative estimate of drug-likeness (QED) is 0.832. The van der Waals surface area contributed by atoms with E-state index in [4.69, 9.17) is 4.74 Å². The normalized spacial score (nSPS) is 12.2. The van der Waals surface area contributed by atoms with E-state index in [1.807, 2.05) is 20.9 Å². The highest BCUT2D eigenvalue weighted by Gasteiger charge is 2.22. The van der Waals surface area contributed by atoms with E-state index in [9.17, 15) is 8.42 Å². The van der Waals surface area contributed by atoms with Crippen molar-refractivity contribution in [1.29, 1.82) is 0 Å². The molecule has 0 aliphatic heterocycles. The zero-order valence-electron chi connectivity index (χ0n) is 12.8. The fraction of sp³-hybridized carbons (Fsp3) is 0.571. The average molecular weight is 300 g/mol. The number of methoxy groups -OCH3 is 1. The third kappa shape index (κ3) is 3.94. The second-order valence-corrected chi connectivity index (χ2v) is 7.23. The maximum Gasteiger partial charge on any atom is 0.242 e. The Bertz CT molecular complexity index is 541. The van der Waals surface area contributed by atoms with Crippen LogP contribution in [0.3, 0.4) is 0 Å². The standard InChI is InChI=1S/C14H24N2O3S/c1-11(2)10-16(4)20(17,18)13-6-7-14(19-5)12(8-13)9-15-3/h6-8,11,15H,9-10H2,1-5H3. The van der Waals surface area contributed by atoms with E-state index in [0.717, 1.165) is 5.56 Å². The SMILES string of the molecule is CNCc1cc(S(=O)(=O)N(C)CC(C)C)ccc1OC. The minimum atomic E-state index is -3.45. The Balaban J connectivity index is 3.15. The molecule has 5 nitrogen and oxygen atoms in total. The molecule has 0 aliphatic rings. The maximum absolute atomic E-state index is 12.5. The van der Waals surface area contributed by atoms with Crippen LogP contribution in [-0.2, 0) is 16.6 Å². The van der Waals surface area contributed by atoms with Crippen LogP contribution >= 0.6 is 0 Å². The van der Waals surface area contributed by atoms with E-state index in [1.54, 1.807) is 32.4 Å². The number of benzene rings is 1. The van der Waals surface area contributed by atoms with Gasteiger partial charge in [0.05, 0.1) is 12.0 Å². The van der Waals surface area contributed by atoms with Gasteiger partial charge in [0.25, 0.3) is 0 Å². The van der Waals surface area contributed by atoms with Crippen LogP contribution in [0.4, 0.5) is 0 Å². The Labute approximate surface area is 122 Å². The highest BCUT2D eigenvalue weighted by Crippen LogP contribution is 2.24. The fourth-order valence-electron chi connectivity index (χ4n) is 2.04. The first-order valence-electron chi connectivity index (χ1n) is 6.60. The molecule has 0 fully saturated rings. The van der Waals surface area contributed by atoms with Gasteiger partial charge in [0, 0.05) is 25.7 Å². The molecule has 0 aromatic heterocycles. The Morgan fingerprint density at radius 2 is 2.00 bits per heavy atom. The largest absolute Gasteiger partial charge is 0.496 e. The first-order valence-corrected chi connectivity index (χ1v) is 8.04. The number of hydrogen-bond donors (Lipinski definition) is 1. The number of nitrogens with one attached hydrogen (secondary N) is 1. The lowest BCUT2D eigenvalue weighted by Crippen LogP contribution is -2.30. The van der Waals surface area contributed by atoms with Crippen molar-refractivity contribution in [2.75, 3.05) is 27.7 Å². The zero-order valence-corrected chi connectivity index (χ0v) is 13.6. The van der Waals surface area contributed by atoms with Crippen molar-refractivity contribution < 1.29 is 13.2 Å². The fourth-order valence-corrected chi connectivity index (χ4v) is 3.42. The second-order valence-electron chi connectivity index (χ2n) is 5.18. The van der Waals surface area contributed by atoms with Crippen LogP contribution in [0, 0.1) is 5.92 Å². The van der Waals surface area contributed by atoms with Gasteiger partial charge in [-0.05, 0) is 31.2 Å². The Kier molecular flexibility index (Phi) is 5.98. The summed E-state index contributed by atoms with van der Waals surface area (Å²) in [6.07, 6.45) is 0. The van der Waals surface area contributed by atoms with Crippen LogP contribution in [0.2, 0.25) is 0 Å². The monoisotopic (exact) mass is 300 g/mol. The minimum Gasteiger partial charge on any atom is -0.496 e.